The van der Waals surface area contributed by atoms with Crippen molar-refractivity contribution >= 4 is 17.3 Å². The molecular weight excluding hydrogens is 588 g/mol. The normalized spacial score (nSPS) is 10.5. The Labute approximate surface area is 196 Å². The van der Waals surface area contributed by atoms with E-state index in [2.05, 4.69) is 47.8 Å². The monoisotopic (exact) mass is 615 g/mol. The topological polar surface area (TPSA) is 71.8 Å². The van der Waals surface area contributed by atoms with Gasteiger partial charge in [-0.05, 0) is 29.7 Å². The van der Waals surface area contributed by atoms with Gasteiger partial charge in [0.15, 0.2) is 5.69 Å². The molecule has 7 heteroatoms. The smallest absolute Gasteiger partial charge is 0.407 e. The van der Waals surface area contributed by atoms with E-state index in [0.717, 1.165) is 22.6 Å². The predicted octanol–water partition coefficient (Wildman–Crippen LogP) is 4.42. The third-order valence-corrected chi connectivity index (χ3v) is 4.43. The number of anilines is 2. The molecule has 0 atom stereocenters. The summed E-state index contributed by atoms with van der Waals surface area (Å²) in [6, 6.07) is 16.4. The number of para-hydroxylation sites is 1. The van der Waals surface area contributed by atoms with Crippen molar-refractivity contribution in [3.05, 3.63) is 72.9 Å². The van der Waals surface area contributed by atoms with Crippen molar-refractivity contribution in [1.29, 1.82) is 0 Å². The van der Waals surface area contributed by atoms with E-state index < -0.39 is 0 Å². The second-order valence-corrected chi connectivity index (χ2v) is 7.38. The number of nitrogens with zero attached hydrogens (tertiary/aromatic N) is 3. The van der Waals surface area contributed by atoms with Crippen molar-refractivity contribution in [1.82, 2.24) is 15.0 Å². The van der Waals surface area contributed by atoms with Gasteiger partial charge in [0.2, 0.25) is 0 Å². The van der Waals surface area contributed by atoms with Crippen LogP contribution in [-0.4, -0.2) is 27.9 Å². The van der Waals surface area contributed by atoms with Gasteiger partial charge < -0.3 is 18.1 Å². The van der Waals surface area contributed by atoms with Gasteiger partial charge in [0.25, 0.3) is 5.91 Å². The molecule has 0 spiro atoms. The number of rotatable bonds is 4. The predicted molar refractivity (Wildman–Crippen MR) is 114 cm³/mol. The number of hydrogen-bond acceptors (Lipinski definition) is 4. The van der Waals surface area contributed by atoms with E-state index in [1.54, 1.807) is 4.68 Å². The number of nitrogens with one attached hydrogen (secondary N) is 2. The van der Waals surface area contributed by atoms with Gasteiger partial charge in [-0.2, -0.15) is 12.1 Å². The van der Waals surface area contributed by atoms with Gasteiger partial charge >= 0.3 is 31.1 Å². The van der Waals surface area contributed by atoms with E-state index in [9.17, 15) is 4.79 Å². The molecule has 3 rings (SSSR count). The van der Waals surface area contributed by atoms with Crippen LogP contribution >= 0.6 is 0 Å². The summed E-state index contributed by atoms with van der Waals surface area (Å²) >= 11 is 0. The third-order valence-electron chi connectivity index (χ3n) is 4.43. The maximum absolute atomic E-state index is 12.9. The molecule has 0 bridgehead atoms. The van der Waals surface area contributed by atoms with E-state index in [1.165, 1.54) is 0 Å². The molecule has 0 aliphatic carbocycles. The Morgan fingerprint density at radius 2 is 1.83 bits per heavy atom. The molecule has 29 heavy (non-hydrogen) atoms. The zero-order valence-corrected chi connectivity index (χ0v) is 22.0. The molecular formula is C22H27N5OU. The maximum atomic E-state index is 12.9. The average Bonchev–Trinajstić information content (AvgIpc) is 3.02. The van der Waals surface area contributed by atoms with Gasteiger partial charge in [-0.15, -0.1) is 17.2 Å². The Morgan fingerprint density at radius 3 is 2.48 bits per heavy atom. The first-order valence-corrected chi connectivity index (χ1v) is 8.84. The molecule has 0 fully saturated rings. The van der Waals surface area contributed by atoms with E-state index in [0.29, 0.717) is 11.4 Å². The summed E-state index contributed by atoms with van der Waals surface area (Å²) in [6.45, 7) is 8.18. The molecule has 2 aromatic carbocycles. The fraction of sp³-hybridized carbons (Fsp3) is 0.273. The van der Waals surface area contributed by atoms with Gasteiger partial charge in [-0.1, -0.05) is 49.9 Å². The molecule has 0 aliphatic heterocycles. The van der Waals surface area contributed by atoms with Crippen molar-refractivity contribution in [3.8, 4) is 5.69 Å². The molecule has 6 nitrogen and oxygen atoms in total. The summed E-state index contributed by atoms with van der Waals surface area (Å²) in [5.74, 6) is -0.277. The van der Waals surface area contributed by atoms with Crippen LogP contribution in [0.2, 0.25) is 0 Å². The number of carbonyl (C=O) groups is 1. The van der Waals surface area contributed by atoms with Gasteiger partial charge in [0, 0.05) is 12.7 Å². The van der Waals surface area contributed by atoms with Crippen LogP contribution < -0.4 is 10.6 Å². The number of benzene rings is 2. The van der Waals surface area contributed by atoms with E-state index >= 15 is 0 Å². The summed E-state index contributed by atoms with van der Waals surface area (Å²) in [5, 5.41) is 14.4. The fourth-order valence-corrected chi connectivity index (χ4v) is 3.00. The summed E-state index contributed by atoms with van der Waals surface area (Å²) in [6.07, 6.45) is 0. The van der Waals surface area contributed by atoms with E-state index in [-0.39, 0.29) is 49.9 Å². The van der Waals surface area contributed by atoms with Crippen LogP contribution in [0.15, 0.2) is 42.5 Å². The first-order chi connectivity index (χ1) is 12.8. The van der Waals surface area contributed by atoms with Gasteiger partial charge in [0.1, 0.15) is 0 Å². The molecule has 1 aromatic heterocycles. The van der Waals surface area contributed by atoms with Crippen molar-refractivity contribution in [2.45, 2.75) is 33.1 Å². The molecule has 0 aliphatic rings. The molecule has 2 N–H and O–H groups in total. The Kier molecular flexibility index (Phi) is 8.68. The van der Waals surface area contributed by atoms with Crippen molar-refractivity contribution < 1.29 is 35.9 Å². The quantitative estimate of drug-likeness (QED) is 0.427. The third kappa shape index (κ3) is 5.29. The standard InChI is InChI=1S/C21H24N5O.CH3.U/c1-14-19(24-25-26(14)18-13-9-8-12-17(18)22-5)20(27)23-16-11-7-6-10-15(16)21(2,3)4;;/h6-8,10-13,22H,1-5H3,(H,23,27);1H3;/q2*-1;+2. The fourth-order valence-electron chi connectivity index (χ4n) is 3.00. The molecule has 1 amide bonds. The van der Waals surface area contributed by atoms with E-state index in [1.807, 2.05) is 56.4 Å². The molecule has 0 saturated carbocycles. The van der Waals surface area contributed by atoms with E-state index in [4.69, 9.17) is 0 Å². The van der Waals surface area contributed by atoms with Crippen LogP contribution in [0.25, 0.3) is 5.69 Å². The van der Waals surface area contributed by atoms with Crippen molar-refractivity contribution in [2.24, 2.45) is 0 Å². The first kappa shape index (κ1) is 24.9. The second kappa shape index (κ2) is 10.1. The molecule has 1 heterocycles. The minimum Gasteiger partial charge on any atom is -0.407 e. The van der Waals surface area contributed by atoms with Crippen LogP contribution in [0.3, 0.4) is 0 Å². The van der Waals surface area contributed by atoms with Crippen LogP contribution in [-0.2, 0) is 5.41 Å². The summed E-state index contributed by atoms with van der Waals surface area (Å²) in [4.78, 5) is 12.9. The van der Waals surface area contributed by atoms with Crippen LogP contribution in [0.5, 0.6) is 0 Å². The van der Waals surface area contributed by atoms with Crippen molar-refractivity contribution in [2.75, 3.05) is 17.7 Å². The van der Waals surface area contributed by atoms with Gasteiger partial charge in [0.05, 0.1) is 5.69 Å². The maximum Gasteiger partial charge on any atom is 2.00 e. The summed E-state index contributed by atoms with van der Waals surface area (Å²) in [5.41, 5.74) is 4.40. The number of carbonyl (C=O) groups excluding carboxylic acids is 1. The van der Waals surface area contributed by atoms with Gasteiger partial charge in [-0.25, -0.2) is 0 Å². The Bertz CT molecular complexity index is 975. The Hall–Kier alpha value is -2.10. The summed E-state index contributed by atoms with van der Waals surface area (Å²) in [7, 11) is 1.84. The van der Waals surface area contributed by atoms with Crippen molar-refractivity contribution in [3.63, 3.8) is 0 Å². The largest absolute Gasteiger partial charge is 2.00 e. The molecule has 0 unspecified atom stereocenters. The number of amides is 1. The second-order valence-electron chi connectivity index (χ2n) is 7.38. The Balaban J connectivity index is 0.00000210. The van der Waals surface area contributed by atoms with Crippen LogP contribution in [0.4, 0.5) is 11.4 Å². The zero-order valence-electron chi connectivity index (χ0n) is 17.8. The SMILES string of the molecule is CNc1cc[c-]cc1-n1nnc(C(=O)Nc2ccccc2C(C)(C)C)c1C.[CH3-].[U+2]. The minimum atomic E-state index is -0.277. The molecule has 0 saturated heterocycles. The molecule has 150 valence electrons. The number of hydrogen-bond donors (Lipinski definition) is 2. The van der Waals surface area contributed by atoms with Gasteiger partial charge in [-0.3, -0.25) is 9.48 Å². The number of aromatic nitrogens is 3. The molecule has 3 aromatic rings. The average molecular weight is 616 g/mol. The van der Waals surface area contributed by atoms with Crippen LogP contribution in [0, 0.1) is 51.5 Å². The Morgan fingerprint density at radius 1 is 1.14 bits per heavy atom. The zero-order chi connectivity index (χ0) is 19.6. The first-order valence-electron chi connectivity index (χ1n) is 8.84. The van der Waals surface area contributed by atoms with Crippen LogP contribution in [0.1, 0.15) is 42.5 Å². The minimum absolute atomic E-state index is 0. The summed E-state index contributed by atoms with van der Waals surface area (Å²) < 4.78 is 1.65. The molecule has 0 radical (unpaired) electrons.